The van der Waals surface area contributed by atoms with E-state index in [1.54, 1.807) is 0 Å². The molecule has 2 rings (SSSR count). The molecule has 0 saturated carbocycles. The highest BCUT2D eigenvalue weighted by Gasteiger charge is 2.29. The van der Waals surface area contributed by atoms with Crippen molar-refractivity contribution in [2.75, 3.05) is 26.3 Å². The molecule has 0 bridgehead atoms. The van der Waals surface area contributed by atoms with E-state index in [2.05, 4.69) is 0 Å². The van der Waals surface area contributed by atoms with Crippen LogP contribution >= 0.6 is 0 Å². The lowest BCUT2D eigenvalue weighted by atomic mass is 10.2. The number of sulfonamides is 1. The fraction of sp³-hybridized carbons (Fsp3) is 0.500. The fourth-order valence-electron chi connectivity index (χ4n) is 2.11. The Bertz CT molecular complexity index is 741. The predicted octanol–water partition coefficient (Wildman–Crippen LogP) is 0.972. The molecule has 0 aromatic heterocycles. The van der Waals surface area contributed by atoms with Crippen LogP contribution in [0.25, 0.3) is 0 Å². The zero-order valence-corrected chi connectivity index (χ0v) is 14.1. The summed E-state index contributed by atoms with van der Waals surface area (Å²) in [5.74, 6) is -0.446. The van der Waals surface area contributed by atoms with Crippen LogP contribution in [0.2, 0.25) is 0 Å². The first-order valence-corrected chi connectivity index (χ1v) is 8.71. The minimum Gasteiger partial charge on any atom is -0.476 e. The maximum Gasteiger partial charge on any atom is 0.312 e. The first-order valence-electron chi connectivity index (χ1n) is 7.27. The minimum atomic E-state index is -3.85. The third-order valence-corrected chi connectivity index (χ3v) is 5.51. The van der Waals surface area contributed by atoms with Gasteiger partial charge in [0, 0.05) is 19.2 Å². The first-order chi connectivity index (χ1) is 11.2. The molecule has 0 aliphatic carbocycles. The van der Waals surface area contributed by atoms with Crippen LogP contribution in [0.1, 0.15) is 13.8 Å². The number of nitro groups is 1. The molecule has 0 amide bonds. The Labute approximate surface area is 139 Å². The molecule has 1 saturated heterocycles. The quantitative estimate of drug-likeness (QED) is 0.549. The molecule has 10 heteroatoms. The van der Waals surface area contributed by atoms with E-state index < -0.39 is 26.7 Å². The van der Waals surface area contributed by atoms with Crippen molar-refractivity contribution < 1.29 is 27.6 Å². The molecule has 1 aliphatic heterocycles. The van der Waals surface area contributed by atoms with Gasteiger partial charge >= 0.3 is 5.69 Å². The molecule has 0 radical (unpaired) electrons. The number of carbonyl (C=O) groups excluding carboxylic acids is 1. The Kier molecular flexibility index (Phi) is 5.52. The Balaban J connectivity index is 2.37. The third-order valence-electron chi connectivity index (χ3n) is 3.61. The second kappa shape index (κ2) is 7.24. The summed E-state index contributed by atoms with van der Waals surface area (Å²) in [7, 11) is -3.85. The van der Waals surface area contributed by atoms with Crippen molar-refractivity contribution in [3.05, 3.63) is 28.3 Å². The molecular formula is C14H18N2O7S. The molecule has 1 heterocycles. The van der Waals surface area contributed by atoms with E-state index in [0.717, 1.165) is 6.07 Å². The van der Waals surface area contributed by atoms with Gasteiger partial charge in [0.2, 0.25) is 10.0 Å². The number of hydrogen-bond donors (Lipinski definition) is 0. The molecule has 0 N–H and O–H groups in total. The normalized spacial score (nSPS) is 17.2. The van der Waals surface area contributed by atoms with Crippen molar-refractivity contribution in [3.8, 4) is 5.75 Å². The first kappa shape index (κ1) is 18.3. The van der Waals surface area contributed by atoms with Gasteiger partial charge in [-0.25, -0.2) is 8.42 Å². The van der Waals surface area contributed by atoms with Crippen LogP contribution in [0.3, 0.4) is 0 Å². The van der Waals surface area contributed by atoms with E-state index in [0.29, 0.717) is 0 Å². The average Bonchev–Trinajstić information content (AvgIpc) is 2.55. The van der Waals surface area contributed by atoms with E-state index in [-0.39, 0.29) is 42.7 Å². The summed E-state index contributed by atoms with van der Waals surface area (Å²) in [4.78, 5) is 21.6. The van der Waals surface area contributed by atoms with Crippen molar-refractivity contribution in [2.45, 2.75) is 24.8 Å². The molecule has 1 aromatic rings. The molecule has 1 aliphatic rings. The number of Topliss-reactive ketones (excluding diaryl/α,β-unsaturated/α-hetero) is 1. The Hall–Kier alpha value is -2.04. The highest BCUT2D eigenvalue weighted by atomic mass is 32.2. The predicted molar refractivity (Wildman–Crippen MR) is 83.4 cm³/mol. The van der Waals surface area contributed by atoms with E-state index in [1.165, 1.54) is 30.3 Å². The maximum absolute atomic E-state index is 12.6. The summed E-state index contributed by atoms with van der Waals surface area (Å²) >= 11 is 0. The smallest absolute Gasteiger partial charge is 0.312 e. The third kappa shape index (κ3) is 3.89. The van der Waals surface area contributed by atoms with Gasteiger partial charge in [0.05, 0.1) is 23.0 Å². The minimum absolute atomic E-state index is 0.149. The molecule has 1 atom stereocenters. The lowest BCUT2D eigenvalue weighted by molar-refractivity contribution is -0.386. The summed E-state index contributed by atoms with van der Waals surface area (Å²) in [5, 5.41) is 11.2. The average molecular weight is 358 g/mol. The van der Waals surface area contributed by atoms with Crippen molar-refractivity contribution in [1.29, 1.82) is 0 Å². The van der Waals surface area contributed by atoms with E-state index in [4.69, 9.17) is 9.47 Å². The van der Waals surface area contributed by atoms with Gasteiger partial charge in [-0.15, -0.1) is 0 Å². The Morgan fingerprint density at radius 1 is 1.38 bits per heavy atom. The van der Waals surface area contributed by atoms with Crippen molar-refractivity contribution in [3.63, 3.8) is 0 Å². The zero-order valence-electron chi connectivity index (χ0n) is 13.3. The van der Waals surface area contributed by atoms with Gasteiger partial charge in [0.1, 0.15) is 0 Å². The molecule has 0 spiro atoms. The van der Waals surface area contributed by atoms with Crippen molar-refractivity contribution in [1.82, 2.24) is 4.31 Å². The Morgan fingerprint density at radius 3 is 2.54 bits per heavy atom. The van der Waals surface area contributed by atoms with Crippen LogP contribution < -0.4 is 4.74 Å². The molecule has 1 aromatic carbocycles. The van der Waals surface area contributed by atoms with Gasteiger partial charge in [-0.2, -0.15) is 4.31 Å². The molecule has 1 unspecified atom stereocenters. The molecule has 1 fully saturated rings. The summed E-state index contributed by atoms with van der Waals surface area (Å²) in [5.41, 5.74) is -0.502. The van der Waals surface area contributed by atoms with Gasteiger partial charge in [-0.05, 0) is 26.0 Å². The lowest BCUT2D eigenvalue weighted by Gasteiger charge is -2.26. The number of hydrogen-bond acceptors (Lipinski definition) is 7. The van der Waals surface area contributed by atoms with Crippen LogP contribution in [0.4, 0.5) is 5.69 Å². The SMILES string of the molecule is CC(=O)C(C)Oc1ccc(S(=O)(=O)N2CCOCC2)cc1[N+](=O)[O-]. The van der Waals surface area contributed by atoms with E-state index in [9.17, 15) is 23.3 Å². The topological polar surface area (TPSA) is 116 Å². The monoisotopic (exact) mass is 358 g/mol. The number of rotatable bonds is 6. The van der Waals surface area contributed by atoms with Gasteiger partial charge in [-0.1, -0.05) is 0 Å². The maximum atomic E-state index is 12.6. The van der Waals surface area contributed by atoms with E-state index >= 15 is 0 Å². The number of benzene rings is 1. The van der Waals surface area contributed by atoms with E-state index in [1.807, 2.05) is 0 Å². The molecule has 132 valence electrons. The number of ether oxygens (including phenoxy) is 2. The van der Waals surface area contributed by atoms with Crippen LogP contribution in [-0.4, -0.2) is 55.8 Å². The van der Waals surface area contributed by atoms with Crippen molar-refractivity contribution >= 4 is 21.5 Å². The van der Waals surface area contributed by atoms with Crippen LogP contribution in [0.15, 0.2) is 23.1 Å². The zero-order chi connectivity index (χ0) is 17.9. The highest BCUT2D eigenvalue weighted by Crippen LogP contribution is 2.31. The molecular weight excluding hydrogens is 340 g/mol. The fourth-order valence-corrected chi connectivity index (χ4v) is 3.54. The molecule has 9 nitrogen and oxygen atoms in total. The summed E-state index contributed by atoms with van der Waals surface area (Å²) in [6, 6.07) is 3.39. The van der Waals surface area contributed by atoms with Gasteiger partial charge < -0.3 is 9.47 Å². The lowest BCUT2D eigenvalue weighted by Crippen LogP contribution is -2.40. The Morgan fingerprint density at radius 2 is 2.00 bits per heavy atom. The molecule has 24 heavy (non-hydrogen) atoms. The summed E-state index contributed by atoms with van der Waals surface area (Å²) in [6.07, 6.45) is -0.870. The summed E-state index contributed by atoms with van der Waals surface area (Å²) < 4.78 is 36.7. The summed E-state index contributed by atoms with van der Waals surface area (Å²) in [6.45, 7) is 3.70. The number of morpholine rings is 1. The van der Waals surface area contributed by atoms with Crippen LogP contribution in [-0.2, 0) is 19.6 Å². The van der Waals surface area contributed by atoms with Crippen molar-refractivity contribution in [2.24, 2.45) is 0 Å². The van der Waals surface area contributed by atoms with Gasteiger partial charge in [0.25, 0.3) is 0 Å². The van der Waals surface area contributed by atoms with Gasteiger partial charge in [0.15, 0.2) is 17.6 Å². The number of ketones is 1. The number of nitro benzene ring substituents is 1. The van der Waals surface area contributed by atoms with Crippen LogP contribution in [0.5, 0.6) is 5.75 Å². The standard InChI is InChI=1S/C14H18N2O7S/c1-10(17)11(2)23-14-4-3-12(9-13(14)16(18)19)24(20,21)15-5-7-22-8-6-15/h3-4,9,11H,5-8H2,1-2H3. The van der Waals surface area contributed by atoms with Crippen LogP contribution in [0, 0.1) is 10.1 Å². The van der Waals surface area contributed by atoms with Gasteiger partial charge in [-0.3, -0.25) is 14.9 Å². The number of nitrogens with zero attached hydrogens (tertiary/aromatic N) is 2. The second-order valence-corrected chi connectivity index (χ2v) is 7.21. The largest absolute Gasteiger partial charge is 0.476 e. The second-order valence-electron chi connectivity index (χ2n) is 5.27. The number of carbonyl (C=O) groups is 1. The highest BCUT2D eigenvalue weighted by molar-refractivity contribution is 7.89.